The van der Waals surface area contributed by atoms with Gasteiger partial charge in [0.25, 0.3) is 0 Å². The maximum Gasteiger partial charge on any atom is 0.123 e. The van der Waals surface area contributed by atoms with Crippen LogP contribution in [0.15, 0.2) is 35.9 Å². The van der Waals surface area contributed by atoms with Crippen LogP contribution in [0, 0.1) is 46.2 Å². The van der Waals surface area contributed by atoms with Crippen LogP contribution in [0.3, 0.4) is 0 Å². The van der Waals surface area contributed by atoms with E-state index >= 15 is 0 Å². The predicted octanol–water partition coefficient (Wildman–Crippen LogP) is 6.58. The lowest BCUT2D eigenvalue weighted by molar-refractivity contribution is -0.0801. The maximum atomic E-state index is 13.2. The molecule has 4 heteroatoms. The first-order valence-electron chi connectivity index (χ1n) is 14.2. The zero-order chi connectivity index (χ0) is 25.0. The highest BCUT2D eigenvalue weighted by atomic mass is 19.1. The Kier molecular flexibility index (Phi) is 6.96. The van der Waals surface area contributed by atoms with Gasteiger partial charge in [0.05, 0.1) is 12.2 Å². The van der Waals surface area contributed by atoms with Crippen LogP contribution in [0.25, 0.3) is 0 Å². The Morgan fingerprint density at radius 2 is 1.71 bits per heavy atom. The lowest BCUT2D eigenvalue weighted by Gasteiger charge is -2.59. The van der Waals surface area contributed by atoms with Gasteiger partial charge in [-0.3, -0.25) is 0 Å². The first kappa shape index (κ1) is 25.4. The molecule has 3 nitrogen and oxygen atoms in total. The highest BCUT2D eigenvalue weighted by Crippen LogP contribution is 2.67. The zero-order valence-electron chi connectivity index (χ0n) is 21.8. The quantitative estimate of drug-likeness (QED) is 0.400. The standard InChI is InChI=1S/C31H45FO3/c1-19(5-4-6-27(33)20-7-9-21(32)10-8-20)23-13-14-24-22-11-12-26-29(35)28(34)16-18-31(26,3)25(22)15-17-30(23,24)2/h7-10,12,19,22-25,27-29,33-35H,4-6,11,13-18H2,1-3H3/t19?,22-,23+,24-,25-,27?,28-,29+,30+,31+/m0/s1. The molecule has 0 aliphatic heterocycles. The van der Waals surface area contributed by atoms with E-state index in [9.17, 15) is 19.7 Å². The molecule has 3 saturated carbocycles. The van der Waals surface area contributed by atoms with Gasteiger partial charge in [-0.25, -0.2) is 4.39 Å². The molecule has 4 aliphatic carbocycles. The second kappa shape index (κ2) is 9.58. The molecule has 0 bridgehead atoms. The summed E-state index contributed by atoms with van der Waals surface area (Å²) in [7, 11) is 0. The van der Waals surface area contributed by atoms with Crippen molar-refractivity contribution in [2.45, 2.75) is 103 Å². The summed E-state index contributed by atoms with van der Waals surface area (Å²) in [6.45, 7) is 7.36. The minimum absolute atomic E-state index is 0.0447. The summed E-state index contributed by atoms with van der Waals surface area (Å²) in [6, 6.07) is 6.25. The first-order chi connectivity index (χ1) is 16.6. The van der Waals surface area contributed by atoms with Gasteiger partial charge in [0.2, 0.25) is 0 Å². The van der Waals surface area contributed by atoms with Crippen LogP contribution in [0.2, 0.25) is 0 Å². The topological polar surface area (TPSA) is 60.7 Å². The van der Waals surface area contributed by atoms with Crippen LogP contribution in [0.5, 0.6) is 0 Å². The van der Waals surface area contributed by atoms with Gasteiger partial charge in [-0.05, 0) is 115 Å². The molecule has 4 aliphatic rings. The Labute approximate surface area is 210 Å². The summed E-state index contributed by atoms with van der Waals surface area (Å²) in [5.74, 6) is 3.18. The summed E-state index contributed by atoms with van der Waals surface area (Å²) in [4.78, 5) is 0. The summed E-state index contributed by atoms with van der Waals surface area (Å²) in [6.07, 6.45) is 11.3. The number of hydrogen-bond donors (Lipinski definition) is 3. The van der Waals surface area contributed by atoms with E-state index in [4.69, 9.17) is 0 Å². The van der Waals surface area contributed by atoms with Crippen molar-refractivity contribution in [3.63, 3.8) is 0 Å². The van der Waals surface area contributed by atoms with Gasteiger partial charge in [0.15, 0.2) is 0 Å². The normalized spacial score (nSPS) is 42.4. The number of benzene rings is 1. The van der Waals surface area contributed by atoms with Gasteiger partial charge in [-0.15, -0.1) is 0 Å². The number of aliphatic hydroxyl groups is 3. The fraction of sp³-hybridized carbons (Fsp3) is 0.742. The fourth-order valence-electron chi connectivity index (χ4n) is 9.38. The second-order valence-electron chi connectivity index (χ2n) is 12.9. The molecule has 2 unspecified atom stereocenters. The van der Waals surface area contributed by atoms with Crippen LogP contribution in [0.4, 0.5) is 4.39 Å². The molecule has 1 aromatic carbocycles. The van der Waals surface area contributed by atoms with Gasteiger partial charge in [0.1, 0.15) is 11.9 Å². The zero-order valence-corrected chi connectivity index (χ0v) is 21.8. The summed E-state index contributed by atoms with van der Waals surface area (Å²) in [5.41, 5.74) is 2.36. The average Bonchev–Trinajstić information content (AvgIpc) is 3.19. The number of aliphatic hydroxyl groups excluding tert-OH is 3. The van der Waals surface area contributed by atoms with Gasteiger partial charge < -0.3 is 15.3 Å². The molecule has 0 saturated heterocycles. The highest BCUT2D eigenvalue weighted by Gasteiger charge is 2.60. The number of fused-ring (bicyclic) bond motifs is 5. The molecule has 0 heterocycles. The molecule has 194 valence electrons. The lowest BCUT2D eigenvalue weighted by atomic mass is 9.46. The van der Waals surface area contributed by atoms with Crippen LogP contribution in [-0.4, -0.2) is 27.5 Å². The van der Waals surface area contributed by atoms with E-state index in [1.807, 2.05) is 0 Å². The summed E-state index contributed by atoms with van der Waals surface area (Å²) >= 11 is 0. The van der Waals surface area contributed by atoms with E-state index in [2.05, 4.69) is 26.8 Å². The molecule has 1 aromatic rings. The van der Waals surface area contributed by atoms with Crippen LogP contribution >= 0.6 is 0 Å². The Hall–Kier alpha value is -1.23. The average molecular weight is 485 g/mol. The van der Waals surface area contributed by atoms with Crippen molar-refractivity contribution in [2.24, 2.45) is 40.4 Å². The van der Waals surface area contributed by atoms with E-state index in [-0.39, 0.29) is 11.2 Å². The van der Waals surface area contributed by atoms with Crippen molar-refractivity contribution >= 4 is 0 Å². The highest BCUT2D eigenvalue weighted by molar-refractivity contribution is 5.29. The second-order valence-corrected chi connectivity index (χ2v) is 12.9. The molecular formula is C31H45FO3. The van der Waals surface area contributed by atoms with E-state index in [1.54, 1.807) is 12.1 Å². The first-order valence-corrected chi connectivity index (χ1v) is 14.2. The molecule has 3 fully saturated rings. The molecule has 0 aromatic heterocycles. The monoisotopic (exact) mass is 484 g/mol. The third-order valence-corrected chi connectivity index (χ3v) is 11.3. The summed E-state index contributed by atoms with van der Waals surface area (Å²) < 4.78 is 13.2. The van der Waals surface area contributed by atoms with Crippen LogP contribution in [0.1, 0.15) is 96.6 Å². The number of halogens is 1. The number of hydrogen-bond acceptors (Lipinski definition) is 3. The predicted molar refractivity (Wildman–Crippen MR) is 137 cm³/mol. The third-order valence-electron chi connectivity index (χ3n) is 11.3. The van der Waals surface area contributed by atoms with Gasteiger partial charge in [0, 0.05) is 0 Å². The van der Waals surface area contributed by atoms with Crippen molar-refractivity contribution in [1.29, 1.82) is 0 Å². The number of allylic oxidation sites excluding steroid dienone is 1. The fourth-order valence-corrected chi connectivity index (χ4v) is 9.38. The smallest absolute Gasteiger partial charge is 0.123 e. The van der Waals surface area contributed by atoms with E-state index in [0.717, 1.165) is 55.1 Å². The van der Waals surface area contributed by atoms with Crippen molar-refractivity contribution in [3.05, 3.63) is 47.3 Å². The Bertz CT molecular complexity index is 928. The van der Waals surface area contributed by atoms with Crippen LogP contribution < -0.4 is 0 Å². The van der Waals surface area contributed by atoms with Crippen molar-refractivity contribution in [2.75, 3.05) is 0 Å². The molecule has 10 atom stereocenters. The Balaban J connectivity index is 1.23. The lowest BCUT2D eigenvalue weighted by Crippen LogP contribution is -2.53. The van der Waals surface area contributed by atoms with Crippen LogP contribution in [-0.2, 0) is 0 Å². The largest absolute Gasteiger partial charge is 0.390 e. The SMILES string of the molecule is CC(CCCC(O)c1ccc(F)cc1)[C@H]1CC[C@H]2[C@@H]3CC=C4[C@@H](O)[C@@H](O)CC[C@]4(C)[C@H]3CC[C@]12C. The third kappa shape index (κ3) is 4.32. The molecule has 5 rings (SSSR count). The van der Waals surface area contributed by atoms with Gasteiger partial charge in [-0.1, -0.05) is 51.8 Å². The van der Waals surface area contributed by atoms with Gasteiger partial charge >= 0.3 is 0 Å². The molecule has 3 N–H and O–H groups in total. The van der Waals surface area contributed by atoms with E-state index < -0.39 is 18.3 Å². The molecule has 0 spiro atoms. The summed E-state index contributed by atoms with van der Waals surface area (Å²) in [5, 5.41) is 31.6. The molecule has 35 heavy (non-hydrogen) atoms. The molecule has 0 radical (unpaired) electrons. The van der Waals surface area contributed by atoms with E-state index in [0.29, 0.717) is 29.6 Å². The van der Waals surface area contributed by atoms with Crippen molar-refractivity contribution in [3.8, 4) is 0 Å². The van der Waals surface area contributed by atoms with Gasteiger partial charge in [-0.2, -0.15) is 0 Å². The maximum absolute atomic E-state index is 13.2. The van der Waals surface area contributed by atoms with Crippen molar-refractivity contribution in [1.82, 2.24) is 0 Å². The Morgan fingerprint density at radius 1 is 0.971 bits per heavy atom. The minimum atomic E-state index is -0.676. The van der Waals surface area contributed by atoms with E-state index in [1.165, 1.54) is 37.8 Å². The molecule has 0 amide bonds. The number of rotatable bonds is 6. The Morgan fingerprint density at radius 3 is 2.46 bits per heavy atom. The van der Waals surface area contributed by atoms with Crippen molar-refractivity contribution < 1.29 is 19.7 Å². The minimum Gasteiger partial charge on any atom is -0.390 e. The molecular weight excluding hydrogens is 439 g/mol.